The number of nitro benzene ring substituents is 1. The van der Waals surface area contributed by atoms with Crippen LogP contribution in [0.5, 0.6) is 0 Å². The number of anilines is 2. The average molecular weight is 311 g/mol. The molecule has 0 aliphatic heterocycles. The van der Waals surface area contributed by atoms with Crippen LogP contribution in [0.3, 0.4) is 0 Å². The molecule has 0 bridgehead atoms. The Labute approximate surface area is 126 Å². The number of hydrogen-bond acceptors (Lipinski definition) is 5. The number of aromatic nitrogens is 2. The highest BCUT2D eigenvalue weighted by atomic mass is 35.5. The zero-order valence-corrected chi connectivity index (χ0v) is 12.4. The Morgan fingerprint density at radius 1 is 1.52 bits per heavy atom. The standard InChI is InChI=1S/C13H15ClN4O3/c1-9-5-13(18(19)20)11(14)6-12(9)16-10-7-15-17(8-10)3-4-21-2/h5-8,16H,3-4H2,1-2H3. The number of aryl methyl sites for hydroxylation is 1. The first-order chi connectivity index (χ1) is 10.0. The Hall–Kier alpha value is -2.12. The molecule has 1 aromatic heterocycles. The number of nitrogens with zero attached hydrogens (tertiary/aromatic N) is 3. The largest absolute Gasteiger partial charge is 0.383 e. The lowest BCUT2D eigenvalue weighted by Gasteiger charge is -2.08. The first-order valence-electron chi connectivity index (χ1n) is 6.24. The molecule has 1 aromatic carbocycles. The molecule has 0 saturated heterocycles. The van der Waals surface area contributed by atoms with E-state index in [1.54, 1.807) is 31.0 Å². The monoisotopic (exact) mass is 310 g/mol. The van der Waals surface area contributed by atoms with E-state index in [4.69, 9.17) is 16.3 Å². The smallest absolute Gasteiger partial charge is 0.288 e. The summed E-state index contributed by atoms with van der Waals surface area (Å²) in [6.45, 7) is 3.00. The van der Waals surface area contributed by atoms with Crippen LogP contribution in [0.4, 0.5) is 17.1 Å². The molecular formula is C13H15ClN4O3. The minimum absolute atomic E-state index is 0.0971. The molecule has 2 aromatic rings. The number of ether oxygens (including phenoxy) is 1. The first-order valence-corrected chi connectivity index (χ1v) is 6.62. The number of hydrogen-bond donors (Lipinski definition) is 1. The summed E-state index contributed by atoms with van der Waals surface area (Å²) in [5.74, 6) is 0. The highest BCUT2D eigenvalue weighted by Crippen LogP contribution is 2.31. The third-order valence-electron chi connectivity index (χ3n) is 2.93. The number of nitro groups is 1. The van der Waals surface area contributed by atoms with Gasteiger partial charge in [-0.05, 0) is 18.6 Å². The molecule has 0 amide bonds. The van der Waals surface area contributed by atoms with E-state index < -0.39 is 4.92 Å². The van der Waals surface area contributed by atoms with Gasteiger partial charge < -0.3 is 10.1 Å². The van der Waals surface area contributed by atoms with Crippen molar-refractivity contribution in [2.45, 2.75) is 13.5 Å². The predicted octanol–water partition coefficient (Wildman–Crippen LogP) is 3.14. The Morgan fingerprint density at radius 2 is 2.29 bits per heavy atom. The van der Waals surface area contributed by atoms with E-state index >= 15 is 0 Å². The lowest BCUT2D eigenvalue weighted by Crippen LogP contribution is -2.04. The Bertz CT molecular complexity index is 657. The zero-order valence-electron chi connectivity index (χ0n) is 11.7. The fourth-order valence-electron chi connectivity index (χ4n) is 1.83. The third-order valence-corrected chi connectivity index (χ3v) is 3.23. The minimum atomic E-state index is -0.498. The quantitative estimate of drug-likeness (QED) is 0.654. The molecule has 1 N–H and O–H groups in total. The van der Waals surface area contributed by atoms with Crippen molar-refractivity contribution in [1.29, 1.82) is 0 Å². The molecule has 0 fully saturated rings. The molecule has 7 nitrogen and oxygen atoms in total. The van der Waals surface area contributed by atoms with Gasteiger partial charge >= 0.3 is 0 Å². The summed E-state index contributed by atoms with van der Waals surface area (Å²) in [6, 6.07) is 2.99. The predicted molar refractivity (Wildman–Crippen MR) is 80.2 cm³/mol. The number of nitrogens with one attached hydrogen (secondary N) is 1. The average Bonchev–Trinajstić information content (AvgIpc) is 2.87. The molecule has 0 atom stereocenters. The molecule has 0 radical (unpaired) electrons. The third kappa shape index (κ3) is 3.71. The lowest BCUT2D eigenvalue weighted by molar-refractivity contribution is -0.384. The summed E-state index contributed by atoms with van der Waals surface area (Å²) in [6.07, 6.45) is 3.50. The molecule has 8 heteroatoms. The van der Waals surface area contributed by atoms with Crippen molar-refractivity contribution in [2.24, 2.45) is 0 Å². The van der Waals surface area contributed by atoms with Gasteiger partial charge in [-0.3, -0.25) is 14.8 Å². The molecule has 0 aliphatic carbocycles. The fourth-order valence-corrected chi connectivity index (χ4v) is 2.06. The molecule has 0 saturated carbocycles. The van der Waals surface area contributed by atoms with Crippen LogP contribution < -0.4 is 5.32 Å². The van der Waals surface area contributed by atoms with E-state index in [0.717, 1.165) is 11.3 Å². The Morgan fingerprint density at radius 3 is 2.95 bits per heavy atom. The van der Waals surface area contributed by atoms with Crippen LogP contribution in [0.25, 0.3) is 0 Å². The maximum atomic E-state index is 10.8. The fraction of sp³-hybridized carbons (Fsp3) is 0.308. The van der Waals surface area contributed by atoms with Gasteiger partial charge in [0.15, 0.2) is 0 Å². The van der Waals surface area contributed by atoms with Crippen LogP contribution in [0.2, 0.25) is 5.02 Å². The van der Waals surface area contributed by atoms with Crippen LogP contribution >= 0.6 is 11.6 Å². The van der Waals surface area contributed by atoms with Gasteiger partial charge in [0.2, 0.25) is 0 Å². The second-order valence-electron chi connectivity index (χ2n) is 4.49. The van der Waals surface area contributed by atoms with Gasteiger partial charge in [-0.1, -0.05) is 11.6 Å². The van der Waals surface area contributed by atoms with E-state index in [1.807, 2.05) is 6.20 Å². The molecular weight excluding hydrogens is 296 g/mol. The summed E-state index contributed by atoms with van der Waals surface area (Å²) in [5, 5.41) is 18.2. The first kappa shape index (κ1) is 15.3. The molecule has 0 unspecified atom stereocenters. The second-order valence-corrected chi connectivity index (χ2v) is 4.89. The van der Waals surface area contributed by atoms with E-state index in [9.17, 15) is 10.1 Å². The molecule has 0 spiro atoms. The van der Waals surface area contributed by atoms with Gasteiger partial charge in [-0.15, -0.1) is 0 Å². The summed E-state index contributed by atoms with van der Waals surface area (Å²) in [7, 11) is 1.63. The van der Waals surface area contributed by atoms with Gasteiger partial charge in [0, 0.05) is 25.1 Å². The van der Waals surface area contributed by atoms with E-state index in [0.29, 0.717) is 18.8 Å². The number of methoxy groups -OCH3 is 1. The van der Waals surface area contributed by atoms with Gasteiger partial charge in [-0.2, -0.15) is 5.10 Å². The SMILES string of the molecule is COCCn1cc(Nc2cc(Cl)c([N+](=O)[O-])cc2C)cn1. The molecule has 112 valence electrons. The number of halogens is 1. The van der Waals surface area contributed by atoms with Crippen molar-refractivity contribution < 1.29 is 9.66 Å². The van der Waals surface area contributed by atoms with Crippen LogP contribution in [0.1, 0.15) is 5.56 Å². The zero-order chi connectivity index (χ0) is 15.4. The second kappa shape index (κ2) is 6.55. The molecule has 0 aliphatic rings. The van der Waals surface area contributed by atoms with Crippen LogP contribution in [-0.2, 0) is 11.3 Å². The van der Waals surface area contributed by atoms with Gasteiger partial charge in [0.05, 0.1) is 30.0 Å². The maximum Gasteiger partial charge on any atom is 0.288 e. The van der Waals surface area contributed by atoms with Gasteiger partial charge in [0.1, 0.15) is 5.02 Å². The number of rotatable bonds is 6. The Kier molecular flexibility index (Phi) is 4.77. The van der Waals surface area contributed by atoms with E-state index in [-0.39, 0.29) is 10.7 Å². The van der Waals surface area contributed by atoms with Gasteiger partial charge in [-0.25, -0.2) is 0 Å². The highest BCUT2D eigenvalue weighted by Gasteiger charge is 2.15. The lowest BCUT2D eigenvalue weighted by atomic mass is 10.1. The van der Waals surface area contributed by atoms with Crippen LogP contribution in [0.15, 0.2) is 24.5 Å². The van der Waals surface area contributed by atoms with Crippen molar-refractivity contribution in [2.75, 3.05) is 19.0 Å². The molecule has 1 heterocycles. The van der Waals surface area contributed by atoms with Crippen LogP contribution in [0, 0.1) is 17.0 Å². The summed E-state index contributed by atoms with van der Waals surface area (Å²) < 4.78 is 6.73. The van der Waals surface area contributed by atoms with E-state index in [2.05, 4.69) is 10.4 Å². The molecule has 2 rings (SSSR count). The van der Waals surface area contributed by atoms with E-state index in [1.165, 1.54) is 6.07 Å². The highest BCUT2D eigenvalue weighted by molar-refractivity contribution is 6.33. The van der Waals surface area contributed by atoms with Crippen LogP contribution in [-0.4, -0.2) is 28.4 Å². The van der Waals surface area contributed by atoms with Gasteiger partial charge in [0.25, 0.3) is 5.69 Å². The van der Waals surface area contributed by atoms with Crippen molar-refractivity contribution in [3.63, 3.8) is 0 Å². The topological polar surface area (TPSA) is 82.2 Å². The Balaban J connectivity index is 2.18. The van der Waals surface area contributed by atoms with Crippen molar-refractivity contribution in [3.8, 4) is 0 Å². The summed E-state index contributed by atoms with van der Waals surface area (Å²) >= 11 is 5.92. The molecule has 21 heavy (non-hydrogen) atoms. The van der Waals surface area contributed by atoms with Crippen molar-refractivity contribution in [1.82, 2.24) is 9.78 Å². The summed E-state index contributed by atoms with van der Waals surface area (Å²) in [5.41, 5.74) is 2.11. The van der Waals surface area contributed by atoms with Crippen molar-refractivity contribution >= 4 is 28.7 Å². The maximum absolute atomic E-state index is 10.8. The normalized spacial score (nSPS) is 10.6. The summed E-state index contributed by atoms with van der Waals surface area (Å²) in [4.78, 5) is 10.3. The number of benzene rings is 1. The minimum Gasteiger partial charge on any atom is -0.383 e. The van der Waals surface area contributed by atoms with Crippen molar-refractivity contribution in [3.05, 3.63) is 45.2 Å².